The summed E-state index contributed by atoms with van der Waals surface area (Å²) < 4.78 is 27.0. The molecule has 0 bridgehead atoms. The van der Waals surface area contributed by atoms with E-state index in [9.17, 15) is 14.4 Å². The van der Waals surface area contributed by atoms with Gasteiger partial charge in [-0.3, -0.25) is 29.7 Å². The number of fused-ring (bicyclic) bond motifs is 2. The van der Waals surface area contributed by atoms with Gasteiger partial charge in [0.05, 0.1) is 36.7 Å². The summed E-state index contributed by atoms with van der Waals surface area (Å²) in [5.74, 6) is 0.930. The molecule has 10 rings (SSSR count). The van der Waals surface area contributed by atoms with Gasteiger partial charge in [-0.05, 0) is 82.3 Å². The van der Waals surface area contributed by atoms with Gasteiger partial charge in [0.15, 0.2) is 5.82 Å². The molecular weight excluding hydrogens is 756 g/mol. The van der Waals surface area contributed by atoms with E-state index in [1.54, 1.807) is 18.5 Å². The molecule has 1 atom stereocenters. The van der Waals surface area contributed by atoms with E-state index in [4.69, 9.17) is 9.47 Å². The van der Waals surface area contributed by atoms with Crippen molar-refractivity contribution in [3.05, 3.63) is 59.7 Å². The number of piperazine rings is 1. The summed E-state index contributed by atoms with van der Waals surface area (Å²) in [7, 11) is 2.15. The number of imide groups is 1. The fraction of sp³-hybridized carbons (Fsp3) is 0.535. The predicted molar refractivity (Wildman–Crippen MR) is 220 cm³/mol. The number of aromatic amines is 1. The number of rotatable bonds is 8. The SMILES string of the molecule is CN1CCN(c2cc(-c3n[nH]c4ccc(OC5(C)CC5)cc34)ncn2)CC1.O=C1CCC(N2Cc3c(ccc(N4CCC(CN5CCOCC5)CC4)c3F)C2=O)C(=O)N1. The summed E-state index contributed by atoms with van der Waals surface area (Å²) in [6.07, 6.45) is 6.34. The fourth-order valence-electron chi connectivity index (χ4n) is 8.84. The van der Waals surface area contributed by atoms with Gasteiger partial charge >= 0.3 is 0 Å². The number of carbonyl (C=O) groups is 3. The van der Waals surface area contributed by atoms with Crippen molar-refractivity contribution in [3.8, 4) is 17.1 Å². The summed E-state index contributed by atoms with van der Waals surface area (Å²) in [5, 5.41) is 10.9. The number of morpholine rings is 1. The number of amides is 3. The largest absolute Gasteiger partial charge is 0.488 e. The molecule has 5 aliphatic heterocycles. The van der Waals surface area contributed by atoms with E-state index in [1.165, 1.54) is 4.90 Å². The number of carbonyl (C=O) groups excluding carboxylic acids is 3. The lowest BCUT2D eigenvalue weighted by atomic mass is 9.95. The van der Waals surface area contributed by atoms with Crippen LogP contribution in [0.15, 0.2) is 42.7 Å². The number of H-pyrrole nitrogens is 1. The molecule has 15 nitrogen and oxygen atoms in total. The zero-order valence-electron chi connectivity index (χ0n) is 33.9. The topological polar surface area (TPSA) is 152 Å². The van der Waals surface area contributed by atoms with E-state index in [-0.39, 0.29) is 42.6 Å². The Kier molecular flexibility index (Phi) is 11.0. The number of hydrogen-bond acceptors (Lipinski definition) is 12. The van der Waals surface area contributed by atoms with Gasteiger partial charge in [0.2, 0.25) is 11.8 Å². The van der Waals surface area contributed by atoms with Crippen molar-refractivity contribution in [2.45, 2.75) is 63.6 Å². The third-order valence-corrected chi connectivity index (χ3v) is 12.8. The second kappa shape index (κ2) is 16.5. The Morgan fingerprint density at radius 1 is 0.915 bits per heavy atom. The molecular formula is C43H53FN10O5. The lowest BCUT2D eigenvalue weighted by Crippen LogP contribution is -2.52. The molecule has 7 heterocycles. The predicted octanol–water partition coefficient (Wildman–Crippen LogP) is 3.84. The Morgan fingerprint density at radius 3 is 2.44 bits per heavy atom. The molecule has 0 spiro atoms. The van der Waals surface area contributed by atoms with Crippen LogP contribution in [0.3, 0.4) is 0 Å². The second-order valence-corrected chi connectivity index (χ2v) is 17.1. The molecule has 4 saturated heterocycles. The Balaban J connectivity index is 0.000000154. The molecule has 4 aromatic rings. The third kappa shape index (κ3) is 8.48. The second-order valence-electron chi connectivity index (χ2n) is 17.1. The molecule has 6 aliphatic rings. The van der Waals surface area contributed by atoms with Gasteiger partial charge in [0.1, 0.15) is 35.2 Å². The van der Waals surface area contributed by atoms with Crippen molar-refractivity contribution >= 4 is 40.1 Å². The molecule has 1 aliphatic carbocycles. The van der Waals surface area contributed by atoms with Gasteiger partial charge in [-0.2, -0.15) is 5.10 Å². The van der Waals surface area contributed by atoms with Crippen LogP contribution in [0.4, 0.5) is 15.9 Å². The van der Waals surface area contributed by atoms with E-state index < -0.39 is 11.9 Å². The van der Waals surface area contributed by atoms with Gasteiger partial charge in [-0.15, -0.1) is 0 Å². The maximum absolute atomic E-state index is 15.5. The van der Waals surface area contributed by atoms with Gasteiger partial charge in [-0.1, -0.05) is 0 Å². The third-order valence-electron chi connectivity index (χ3n) is 12.8. The Hall–Kier alpha value is -5.19. The molecule has 1 unspecified atom stereocenters. The van der Waals surface area contributed by atoms with E-state index in [2.05, 4.69) is 65.1 Å². The van der Waals surface area contributed by atoms with Crippen molar-refractivity contribution in [3.63, 3.8) is 0 Å². The number of likely N-dealkylation sites (N-methyl/N-ethyl adjacent to an activating group) is 1. The minimum atomic E-state index is -0.730. The summed E-state index contributed by atoms with van der Waals surface area (Å²) >= 11 is 0. The molecule has 1 saturated carbocycles. The minimum absolute atomic E-state index is 0.00108. The first kappa shape index (κ1) is 39.3. The molecule has 5 fully saturated rings. The number of hydrogen-bond donors (Lipinski definition) is 2. The van der Waals surface area contributed by atoms with Gasteiger partial charge in [0, 0.05) is 87.9 Å². The Bertz CT molecular complexity index is 2210. The summed E-state index contributed by atoms with van der Waals surface area (Å²) in [6, 6.07) is 10.8. The Morgan fingerprint density at radius 2 is 1.69 bits per heavy atom. The summed E-state index contributed by atoms with van der Waals surface area (Å²) in [5.41, 5.74) is 3.87. The number of halogens is 1. The number of aromatic nitrogens is 4. The van der Waals surface area contributed by atoms with Gasteiger partial charge < -0.3 is 29.1 Å². The van der Waals surface area contributed by atoms with Crippen molar-refractivity contribution in [1.82, 2.24) is 40.2 Å². The minimum Gasteiger partial charge on any atom is -0.488 e. The molecule has 0 radical (unpaired) electrons. The van der Waals surface area contributed by atoms with Crippen LogP contribution in [-0.2, 0) is 20.9 Å². The molecule has 2 N–H and O–H groups in total. The number of benzene rings is 2. The molecule has 59 heavy (non-hydrogen) atoms. The molecule has 312 valence electrons. The van der Waals surface area contributed by atoms with E-state index >= 15 is 4.39 Å². The molecule has 2 aromatic carbocycles. The maximum atomic E-state index is 15.5. The van der Waals surface area contributed by atoms with Crippen molar-refractivity contribution in [1.29, 1.82) is 0 Å². The van der Waals surface area contributed by atoms with E-state index in [1.807, 2.05) is 18.2 Å². The van der Waals surface area contributed by atoms with Crippen LogP contribution in [0.25, 0.3) is 22.3 Å². The summed E-state index contributed by atoms with van der Waals surface area (Å²) in [6.45, 7) is 12.5. The monoisotopic (exact) mass is 808 g/mol. The smallest absolute Gasteiger partial charge is 0.255 e. The standard InChI is InChI=1S/C23H29FN4O4.C20H24N6O/c24-21-17-14-28(19-3-4-20(29)25-22(19)30)23(31)16(17)1-2-18(21)27-7-5-15(6-8-27)13-26-9-11-32-12-10-26;1-20(5-6-20)27-14-3-4-16-15(11-14)19(24-23-16)17-12-18(22-13-21-17)26-9-7-25(2)8-10-26/h1-2,15,19H,3-14H2,(H,25,29,30);3-4,11-13H,5-10H2,1-2H3,(H,23,24). The van der Waals surface area contributed by atoms with Crippen LogP contribution in [-0.4, -0.2) is 143 Å². The molecule has 3 amide bonds. The normalized spacial score (nSPS) is 22.6. The first-order valence-corrected chi connectivity index (χ1v) is 21.0. The van der Waals surface area contributed by atoms with Gasteiger partial charge in [-0.25, -0.2) is 14.4 Å². The first-order chi connectivity index (χ1) is 28.6. The van der Waals surface area contributed by atoms with Crippen molar-refractivity contribution in [2.24, 2.45) is 5.92 Å². The highest BCUT2D eigenvalue weighted by molar-refractivity contribution is 6.05. The van der Waals surface area contributed by atoms with Crippen molar-refractivity contribution < 1.29 is 28.2 Å². The van der Waals surface area contributed by atoms with Crippen LogP contribution in [0.5, 0.6) is 5.75 Å². The molecule has 2 aromatic heterocycles. The van der Waals surface area contributed by atoms with Gasteiger partial charge in [0.25, 0.3) is 5.91 Å². The average Bonchev–Trinajstić information content (AvgIpc) is 3.66. The number of ether oxygens (including phenoxy) is 2. The van der Waals surface area contributed by atoms with Crippen LogP contribution >= 0.6 is 0 Å². The first-order valence-electron chi connectivity index (χ1n) is 21.0. The lowest BCUT2D eigenvalue weighted by Gasteiger charge is -2.37. The average molecular weight is 809 g/mol. The van der Waals surface area contributed by atoms with E-state index in [0.29, 0.717) is 22.7 Å². The highest BCUT2D eigenvalue weighted by Crippen LogP contribution is 2.41. The lowest BCUT2D eigenvalue weighted by molar-refractivity contribution is -0.136. The number of nitrogens with zero attached hydrogens (tertiary/aromatic N) is 8. The summed E-state index contributed by atoms with van der Waals surface area (Å²) in [4.78, 5) is 56.1. The van der Waals surface area contributed by atoms with Crippen LogP contribution < -0.4 is 19.9 Å². The zero-order chi connectivity index (χ0) is 40.7. The Labute approximate surface area is 343 Å². The number of piperidine rings is 2. The van der Waals surface area contributed by atoms with Crippen LogP contribution in [0.1, 0.15) is 61.4 Å². The number of anilines is 2. The highest BCUT2D eigenvalue weighted by Gasteiger charge is 2.42. The van der Waals surface area contributed by atoms with Crippen molar-refractivity contribution in [2.75, 3.05) is 89.0 Å². The quantitative estimate of drug-likeness (QED) is 0.249. The van der Waals surface area contributed by atoms with Crippen LogP contribution in [0.2, 0.25) is 0 Å². The number of nitrogens with one attached hydrogen (secondary N) is 2. The maximum Gasteiger partial charge on any atom is 0.255 e. The van der Waals surface area contributed by atoms with Crippen LogP contribution in [0, 0.1) is 11.7 Å². The van der Waals surface area contributed by atoms with E-state index in [0.717, 1.165) is 132 Å². The molecule has 16 heteroatoms. The fourth-order valence-corrected chi connectivity index (χ4v) is 8.84. The zero-order valence-corrected chi connectivity index (χ0v) is 33.9. The highest BCUT2D eigenvalue weighted by atomic mass is 19.1.